The van der Waals surface area contributed by atoms with Crippen molar-refractivity contribution in [3.05, 3.63) is 29.8 Å². The third-order valence-corrected chi connectivity index (χ3v) is 4.86. The normalized spacial score (nSPS) is 21.4. The van der Waals surface area contributed by atoms with Gasteiger partial charge in [-0.1, -0.05) is 25.0 Å². The van der Waals surface area contributed by atoms with Crippen molar-refractivity contribution in [2.45, 2.75) is 44.8 Å². The van der Waals surface area contributed by atoms with Gasteiger partial charge in [0.05, 0.1) is 0 Å². The number of aliphatic hydroxyl groups is 1. The Morgan fingerprint density at radius 1 is 0.957 bits per heavy atom. The molecule has 0 unspecified atom stereocenters. The van der Waals surface area contributed by atoms with Gasteiger partial charge in [-0.15, -0.1) is 0 Å². The van der Waals surface area contributed by atoms with E-state index in [4.69, 9.17) is 4.74 Å². The van der Waals surface area contributed by atoms with E-state index in [0.717, 1.165) is 31.9 Å². The van der Waals surface area contributed by atoms with Gasteiger partial charge >= 0.3 is 0 Å². The Bertz CT molecular complexity index is 468. The van der Waals surface area contributed by atoms with Crippen LogP contribution in [-0.4, -0.2) is 60.3 Å². The van der Waals surface area contributed by atoms with Crippen molar-refractivity contribution >= 4 is 0 Å². The van der Waals surface area contributed by atoms with Crippen molar-refractivity contribution in [2.24, 2.45) is 0 Å². The molecule has 2 saturated heterocycles. The first-order valence-electron chi connectivity index (χ1n) is 9.14. The summed E-state index contributed by atoms with van der Waals surface area (Å²) in [5.41, 5.74) is 1.30. The molecule has 3 rings (SSSR count). The van der Waals surface area contributed by atoms with E-state index in [2.05, 4.69) is 21.9 Å². The highest BCUT2D eigenvalue weighted by Gasteiger charge is 2.15. The van der Waals surface area contributed by atoms with E-state index in [1.807, 2.05) is 12.1 Å². The molecule has 4 heteroatoms. The van der Waals surface area contributed by atoms with Crippen LogP contribution in [0.5, 0.6) is 5.75 Å². The van der Waals surface area contributed by atoms with Gasteiger partial charge in [0.1, 0.15) is 18.5 Å². The molecule has 2 aliphatic rings. The van der Waals surface area contributed by atoms with Crippen LogP contribution >= 0.6 is 0 Å². The van der Waals surface area contributed by atoms with Crippen LogP contribution in [0.4, 0.5) is 0 Å². The number of aliphatic hydroxyl groups excluding tert-OH is 1. The highest BCUT2D eigenvalue weighted by molar-refractivity contribution is 5.28. The maximum atomic E-state index is 10.2. The summed E-state index contributed by atoms with van der Waals surface area (Å²) in [6.45, 7) is 6.76. The Morgan fingerprint density at radius 3 is 2.39 bits per heavy atom. The van der Waals surface area contributed by atoms with Gasteiger partial charge in [0.15, 0.2) is 0 Å². The number of nitrogens with zero attached hydrogens (tertiary/aromatic N) is 2. The van der Waals surface area contributed by atoms with Gasteiger partial charge in [-0.05, 0) is 63.1 Å². The van der Waals surface area contributed by atoms with Crippen LogP contribution in [0, 0.1) is 0 Å². The van der Waals surface area contributed by atoms with Crippen LogP contribution in [0.15, 0.2) is 24.3 Å². The molecular weight excluding hydrogens is 288 g/mol. The second-order valence-corrected chi connectivity index (χ2v) is 6.96. The SMILES string of the molecule is O[C@H](COc1cccc(CN2CCC2)c1)CN1CCCCCC1. The fourth-order valence-electron chi connectivity index (χ4n) is 3.39. The van der Waals surface area contributed by atoms with Gasteiger partial charge in [0, 0.05) is 13.1 Å². The van der Waals surface area contributed by atoms with Crippen molar-refractivity contribution in [3.63, 3.8) is 0 Å². The predicted octanol–water partition coefficient (Wildman–Crippen LogP) is 2.51. The number of benzene rings is 1. The lowest BCUT2D eigenvalue weighted by molar-refractivity contribution is 0.0693. The molecule has 1 N–H and O–H groups in total. The molecule has 128 valence electrons. The largest absolute Gasteiger partial charge is 0.491 e. The van der Waals surface area contributed by atoms with Gasteiger partial charge in [0.25, 0.3) is 0 Å². The summed E-state index contributed by atoms with van der Waals surface area (Å²) in [4.78, 5) is 4.81. The molecule has 0 bridgehead atoms. The zero-order valence-electron chi connectivity index (χ0n) is 14.1. The number of ether oxygens (including phenoxy) is 1. The van der Waals surface area contributed by atoms with Gasteiger partial charge < -0.3 is 14.7 Å². The summed E-state index contributed by atoms with van der Waals surface area (Å²) in [5, 5.41) is 10.2. The van der Waals surface area contributed by atoms with E-state index in [1.54, 1.807) is 0 Å². The predicted molar refractivity (Wildman–Crippen MR) is 92.7 cm³/mol. The molecule has 0 aliphatic carbocycles. The second kappa shape index (κ2) is 8.67. The number of hydrogen-bond acceptors (Lipinski definition) is 4. The summed E-state index contributed by atoms with van der Waals surface area (Å²) >= 11 is 0. The van der Waals surface area contributed by atoms with Crippen LogP contribution in [0.1, 0.15) is 37.7 Å². The van der Waals surface area contributed by atoms with Gasteiger partial charge in [-0.3, -0.25) is 4.90 Å². The molecule has 0 radical (unpaired) electrons. The summed E-state index contributed by atoms with van der Waals surface area (Å²) in [7, 11) is 0. The molecule has 23 heavy (non-hydrogen) atoms. The number of rotatable bonds is 7. The molecule has 2 aliphatic heterocycles. The second-order valence-electron chi connectivity index (χ2n) is 6.96. The number of likely N-dealkylation sites (tertiary alicyclic amines) is 2. The minimum atomic E-state index is -0.410. The molecule has 1 aromatic carbocycles. The fourth-order valence-corrected chi connectivity index (χ4v) is 3.39. The Labute approximate surface area is 140 Å². The van der Waals surface area contributed by atoms with Crippen molar-refractivity contribution in [1.82, 2.24) is 9.80 Å². The van der Waals surface area contributed by atoms with Gasteiger partial charge in [0.2, 0.25) is 0 Å². The van der Waals surface area contributed by atoms with Crippen LogP contribution in [-0.2, 0) is 6.54 Å². The van der Waals surface area contributed by atoms with E-state index < -0.39 is 6.10 Å². The molecule has 1 atom stereocenters. The molecule has 4 nitrogen and oxygen atoms in total. The monoisotopic (exact) mass is 318 g/mol. The van der Waals surface area contributed by atoms with Gasteiger partial charge in [-0.2, -0.15) is 0 Å². The first-order valence-corrected chi connectivity index (χ1v) is 9.14. The Kier molecular flexibility index (Phi) is 6.31. The number of β-amino-alcohol motifs (C(OH)–C–C–N with tert-alkyl or cyclic N) is 1. The van der Waals surface area contributed by atoms with Crippen molar-refractivity contribution in [1.29, 1.82) is 0 Å². The Hall–Kier alpha value is -1.10. The highest BCUT2D eigenvalue weighted by Crippen LogP contribution is 2.18. The maximum Gasteiger partial charge on any atom is 0.119 e. The zero-order valence-corrected chi connectivity index (χ0v) is 14.1. The number of hydrogen-bond donors (Lipinski definition) is 1. The maximum absolute atomic E-state index is 10.2. The third kappa shape index (κ3) is 5.48. The van der Waals surface area contributed by atoms with Crippen LogP contribution in [0.2, 0.25) is 0 Å². The van der Waals surface area contributed by atoms with E-state index in [0.29, 0.717) is 6.61 Å². The average molecular weight is 318 g/mol. The first kappa shape index (κ1) is 16.7. The van der Waals surface area contributed by atoms with E-state index in [-0.39, 0.29) is 0 Å². The fraction of sp³-hybridized carbons (Fsp3) is 0.684. The molecular formula is C19H30N2O2. The Morgan fingerprint density at radius 2 is 1.70 bits per heavy atom. The molecule has 0 spiro atoms. The minimum Gasteiger partial charge on any atom is -0.491 e. The molecule has 0 amide bonds. The summed E-state index contributed by atoms with van der Waals surface area (Å²) in [6, 6.07) is 8.29. The van der Waals surface area contributed by atoms with E-state index in [9.17, 15) is 5.11 Å². The van der Waals surface area contributed by atoms with Crippen LogP contribution in [0.3, 0.4) is 0 Å². The van der Waals surface area contributed by atoms with Crippen LogP contribution < -0.4 is 4.74 Å². The molecule has 1 aromatic rings. The van der Waals surface area contributed by atoms with Crippen molar-refractivity contribution < 1.29 is 9.84 Å². The topological polar surface area (TPSA) is 35.9 Å². The van der Waals surface area contributed by atoms with Gasteiger partial charge in [-0.25, -0.2) is 0 Å². The van der Waals surface area contributed by atoms with Crippen molar-refractivity contribution in [3.8, 4) is 5.75 Å². The first-order chi connectivity index (χ1) is 11.3. The highest BCUT2D eigenvalue weighted by atomic mass is 16.5. The third-order valence-electron chi connectivity index (χ3n) is 4.86. The van der Waals surface area contributed by atoms with E-state index >= 15 is 0 Å². The Balaban J connectivity index is 1.42. The molecule has 2 heterocycles. The van der Waals surface area contributed by atoms with E-state index in [1.165, 1.54) is 50.8 Å². The quantitative estimate of drug-likeness (QED) is 0.838. The lowest BCUT2D eigenvalue weighted by Gasteiger charge is -2.30. The minimum absolute atomic E-state index is 0.379. The summed E-state index contributed by atoms with van der Waals surface area (Å²) in [5.74, 6) is 0.873. The lowest BCUT2D eigenvalue weighted by Crippen LogP contribution is -2.36. The van der Waals surface area contributed by atoms with Crippen molar-refractivity contribution in [2.75, 3.05) is 39.3 Å². The average Bonchev–Trinajstić information content (AvgIpc) is 2.78. The summed E-state index contributed by atoms with van der Waals surface area (Å²) in [6.07, 6.45) is 6.07. The van der Waals surface area contributed by atoms with Crippen LogP contribution in [0.25, 0.3) is 0 Å². The summed E-state index contributed by atoms with van der Waals surface area (Å²) < 4.78 is 5.82. The smallest absolute Gasteiger partial charge is 0.119 e. The standard InChI is InChI=1S/C19H30N2O2/c22-18(15-21-9-3-1-2-4-10-21)16-23-19-8-5-7-17(13-19)14-20-11-6-12-20/h5,7-8,13,18,22H,1-4,6,9-12,14-16H2/t18-/m0/s1. The molecule has 0 aromatic heterocycles. The molecule has 2 fully saturated rings. The lowest BCUT2D eigenvalue weighted by atomic mass is 10.1. The molecule has 0 saturated carbocycles. The zero-order chi connectivity index (χ0) is 15.9.